The maximum Gasteiger partial charge on any atom is 0.253 e. The Morgan fingerprint density at radius 1 is 0.878 bits per heavy atom. The van der Waals surface area contributed by atoms with Crippen molar-refractivity contribution in [3.8, 4) is 0 Å². The van der Waals surface area contributed by atoms with Crippen LogP contribution in [0.4, 0.5) is 0 Å². The zero-order chi connectivity index (χ0) is 30.0. The Hall–Kier alpha value is -2.54. The molecule has 0 amide bonds. The van der Waals surface area contributed by atoms with Gasteiger partial charge in [0.1, 0.15) is 76.7 Å². The van der Waals surface area contributed by atoms with Crippen molar-refractivity contribution in [3.63, 3.8) is 0 Å². The van der Waals surface area contributed by atoms with Crippen LogP contribution in [0.25, 0.3) is 0 Å². The van der Waals surface area contributed by atoms with E-state index in [1.807, 2.05) is 0 Å². The van der Waals surface area contributed by atoms with E-state index in [-0.39, 0.29) is 5.41 Å². The molecule has 232 valence electrons. The predicted octanol–water partition coefficient (Wildman–Crippen LogP) is -2.56. The molecule has 9 N–H and O–H groups in total. The van der Waals surface area contributed by atoms with Crippen molar-refractivity contribution in [2.24, 2.45) is 28.3 Å². The van der Waals surface area contributed by atoms with Gasteiger partial charge in [-0.05, 0) is 6.92 Å². The molecule has 1 aromatic heterocycles. The van der Waals surface area contributed by atoms with Crippen LogP contribution in [0.3, 0.4) is 0 Å². The first-order valence-corrected chi connectivity index (χ1v) is 15.6. The number of nitrogens with two attached hydrogens (primary N) is 4. The van der Waals surface area contributed by atoms with Gasteiger partial charge >= 0.3 is 0 Å². The molecular formula is C29H60N12+4. The van der Waals surface area contributed by atoms with E-state index in [0.29, 0.717) is 26.2 Å². The third-order valence-electron chi connectivity index (χ3n) is 9.00. The summed E-state index contributed by atoms with van der Waals surface area (Å²) in [5.74, 6) is 5.09. The van der Waals surface area contributed by atoms with Crippen LogP contribution in [0, 0.1) is 12.3 Å². The molecule has 0 unspecified atom stereocenters. The number of aromatic nitrogens is 2. The highest BCUT2D eigenvalue weighted by atomic mass is 15.3. The second kappa shape index (κ2) is 15.6. The van der Waals surface area contributed by atoms with E-state index in [2.05, 4.69) is 85.0 Å². The zero-order valence-corrected chi connectivity index (χ0v) is 26.6. The topological polar surface area (TPSA) is 140 Å². The lowest BCUT2D eigenvalue weighted by Gasteiger charge is -2.31. The van der Waals surface area contributed by atoms with E-state index in [0.717, 1.165) is 85.1 Å². The maximum atomic E-state index is 5.97. The molecule has 3 rings (SSSR count). The standard InChI is InChI=1S/C29H59N12/c1-6-35(25(2)34-11-7-30)21-29(22-39-18-15-36(12-8-31)26(39)3,23-40-19-16-37(13-9-32)27(40)4)24-41-20-17-38(14-10-33)28(41)5/h15,18H,6-14,16-17,19-24,30-33H2,1-5H3/q+3/p+1. The molecule has 2 aliphatic rings. The van der Waals surface area contributed by atoms with Crippen molar-refractivity contribution < 1.29 is 18.3 Å². The van der Waals surface area contributed by atoms with Gasteiger partial charge in [-0.25, -0.2) is 9.13 Å². The van der Waals surface area contributed by atoms with Gasteiger partial charge in [0.05, 0.1) is 26.2 Å². The van der Waals surface area contributed by atoms with Gasteiger partial charge in [0.2, 0.25) is 17.5 Å². The second-order valence-corrected chi connectivity index (χ2v) is 11.8. The van der Waals surface area contributed by atoms with Crippen molar-refractivity contribution in [1.82, 2.24) is 19.7 Å². The summed E-state index contributed by atoms with van der Waals surface area (Å²) in [5.41, 5.74) is 23.7. The fourth-order valence-corrected chi connectivity index (χ4v) is 6.57. The normalized spacial score (nSPS) is 16.9. The highest BCUT2D eigenvalue weighted by molar-refractivity contribution is 5.76. The second-order valence-electron chi connectivity index (χ2n) is 11.8. The minimum atomic E-state index is -0.0913. The van der Waals surface area contributed by atoms with Gasteiger partial charge in [-0.15, -0.1) is 0 Å². The molecule has 41 heavy (non-hydrogen) atoms. The number of nitrogens with zero attached hydrogens (tertiary/aromatic N) is 7. The lowest BCUT2D eigenvalue weighted by molar-refractivity contribution is -0.737. The molecule has 0 spiro atoms. The fraction of sp³-hybridized carbons (Fsp3) is 0.793. The average molecular weight is 577 g/mol. The molecule has 12 nitrogen and oxygen atoms in total. The van der Waals surface area contributed by atoms with Gasteiger partial charge in [0, 0.05) is 53.9 Å². The largest absolute Gasteiger partial charge is 0.327 e. The third kappa shape index (κ3) is 8.27. The summed E-state index contributed by atoms with van der Waals surface area (Å²) in [6, 6.07) is 0. The summed E-state index contributed by atoms with van der Waals surface area (Å²) in [6.07, 6.45) is 4.42. The Morgan fingerprint density at radius 3 is 1.93 bits per heavy atom. The highest BCUT2D eigenvalue weighted by Gasteiger charge is 2.46. The number of imidazole rings is 1. The molecule has 0 bridgehead atoms. The van der Waals surface area contributed by atoms with Crippen molar-refractivity contribution >= 4 is 17.5 Å². The van der Waals surface area contributed by atoms with E-state index in [1.54, 1.807) is 0 Å². The minimum Gasteiger partial charge on any atom is -0.327 e. The van der Waals surface area contributed by atoms with Crippen LogP contribution in [-0.2, 0) is 13.1 Å². The molecule has 0 saturated heterocycles. The van der Waals surface area contributed by atoms with Crippen LogP contribution in [0.1, 0.15) is 33.5 Å². The molecule has 0 radical (unpaired) electrons. The highest BCUT2D eigenvalue weighted by Crippen LogP contribution is 2.24. The summed E-state index contributed by atoms with van der Waals surface area (Å²) in [7, 11) is 0. The van der Waals surface area contributed by atoms with E-state index >= 15 is 0 Å². The molecular weight excluding hydrogens is 516 g/mol. The SMILES string of the molecule is CC[N+](CC(C[N+]1=C(C)N(CCN)CC1)(C[N+]1=C(C)N(CCN)CC1)C[n+]1ccn(CCN)c1C)=C(C)NCCN. The molecule has 0 aromatic carbocycles. The predicted molar refractivity (Wildman–Crippen MR) is 167 cm³/mol. The number of hydrogen-bond donors (Lipinski definition) is 5. The van der Waals surface area contributed by atoms with Crippen LogP contribution in [0.15, 0.2) is 12.4 Å². The average Bonchev–Trinajstić information content (AvgIpc) is 3.60. The Kier molecular flexibility index (Phi) is 12.6. The first-order chi connectivity index (χ1) is 19.7. The van der Waals surface area contributed by atoms with Crippen molar-refractivity contribution in [1.29, 1.82) is 0 Å². The molecule has 0 fully saturated rings. The van der Waals surface area contributed by atoms with Crippen LogP contribution in [0.5, 0.6) is 0 Å². The van der Waals surface area contributed by atoms with E-state index in [1.165, 1.54) is 23.3 Å². The summed E-state index contributed by atoms with van der Waals surface area (Å²) in [5, 5.41) is 3.57. The first-order valence-electron chi connectivity index (χ1n) is 15.6. The quantitative estimate of drug-likeness (QED) is 0.0781. The van der Waals surface area contributed by atoms with E-state index in [4.69, 9.17) is 22.9 Å². The molecule has 1 aromatic rings. The number of rotatable bonds is 17. The Labute approximate surface area is 248 Å². The van der Waals surface area contributed by atoms with Crippen molar-refractivity contribution in [3.05, 3.63) is 18.2 Å². The summed E-state index contributed by atoms with van der Waals surface area (Å²) < 4.78 is 12.4. The van der Waals surface area contributed by atoms with Gasteiger partial charge in [0.15, 0.2) is 0 Å². The van der Waals surface area contributed by atoms with Gasteiger partial charge in [-0.1, -0.05) is 0 Å². The summed E-state index contributed by atoms with van der Waals surface area (Å²) in [6.45, 7) is 25.9. The fourth-order valence-electron chi connectivity index (χ4n) is 6.57. The molecule has 2 aliphatic heterocycles. The van der Waals surface area contributed by atoms with Gasteiger partial charge in [-0.2, -0.15) is 0 Å². The first kappa shape index (κ1) is 33.0. The summed E-state index contributed by atoms with van der Waals surface area (Å²) in [4.78, 5) is 4.88. The number of amidine groups is 3. The van der Waals surface area contributed by atoms with Gasteiger partial charge in [0.25, 0.3) is 5.82 Å². The summed E-state index contributed by atoms with van der Waals surface area (Å²) >= 11 is 0. The number of hydrogen-bond acceptors (Lipinski definition) is 6. The Bertz CT molecular complexity index is 1040. The molecule has 12 heteroatoms. The third-order valence-corrected chi connectivity index (χ3v) is 9.00. The zero-order valence-electron chi connectivity index (χ0n) is 26.6. The van der Waals surface area contributed by atoms with Crippen LogP contribution in [-0.4, -0.2) is 144 Å². The maximum absolute atomic E-state index is 5.97. The van der Waals surface area contributed by atoms with E-state index < -0.39 is 0 Å². The molecule has 0 saturated carbocycles. The smallest absolute Gasteiger partial charge is 0.253 e. The van der Waals surface area contributed by atoms with Crippen molar-refractivity contribution in [2.45, 2.75) is 47.7 Å². The van der Waals surface area contributed by atoms with Gasteiger partial charge in [-0.3, -0.25) is 28.8 Å². The van der Waals surface area contributed by atoms with Gasteiger partial charge < -0.3 is 22.9 Å². The number of nitrogens with one attached hydrogen (secondary N) is 1. The van der Waals surface area contributed by atoms with Crippen molar-refractivity contribution in [2.75, 3.05) is 98.2 Å². The lowest BCUT2D eigenvalue weighted by Crippen LogP contribution is -2.57. The Morgan fingerprint density at radius 2 is 1.44 bits per heavy atom. The monoisotopic (exact) mass is 577 g/mol. The molecule has 0 aliphatic carbocycles. The molecule has 0 atom stereocenters. The van der Waals surface area contributed by atoms with Crippen LogP contribution < -0.4 is 32.8 Å². The van der Waals surface area contributed by atoms with E-state index in [9.17, 15) is 0 Å². The Balaban J connectivity index is 2.14. The lowest BCUT2D eigenvalue weighted by atomic mass is 9.85. The van der Waals surface area contributed by atoms with Crippen LogP contribution in [0.2, 0.25) is 0 Å². The van der Waals surface area contributed by atoms with Crippen LogP contribution >= 0.6 is 0 Å². The molecule has 3 heterocycles. The minimum absolute atomic E-state index is 0.0913.